The van der Waals surface area contributed by atoms with E-state index < -0.39 is 23.5 Å². The minimum atomic E-state index is -4.83. The van der Waals surface area contributed by atoms with Crippen molar-refractivity contribution >= 4 is 52.3 Å². The minimum Gasteiger partial charge on any atom is -0.471 e. The summed E-state index contributed by atoms with van der Waals surface area (Å²) in [6.07, 6.45) is -3.53. The number of hydrogen-bond acceptors (Lipinski definition) is 6. The highest BCUT2D eigenvalue weighted by atomic mass is 35.5. The zero-order valence-electron chi connectivity index (χ0n) is 16.2. The molecule has 0 radical (unpaired) electrons. The number of anilines is 1. The Hall–Kier alpha value is -3.02. The van der Waals surface area contributed by atoms with Gasteiger partial charge in [0.1, 0.15) is 12.3 Å². The summed E-state index contributed by atoms with van der Waals surface area (Å²) in [7, 11) is 0. The smallest absolute Gasteiger partial charge is 0.435 e. The number of carbonyl (C=O) groups excluding carboxylic acids is 1. The second-order valence-electron chi connectivity index (χ2n) is 6.48. The molecule has 3 heterocycles. The molecule has 1 aromatic carbocycles. The Balaban J connectivity index is 1.80. The average molecular weight is 521 g/mol. The lowest BCUT2D eigenvalue weighted by molar-refractivity contribution is -0.141. The number of oxime groups is 1. The van der Waals surface area contributed by atoms with Crippen LogP contribution < -0.4 is 5.32 Å². The number of pyridine rings is 1. The van der Waals surface area contributed by atoms with Gasteiger partial charge in [-0.2, -0.15) is 18.3 Å². The van der Waals surface area contributed by atoms with Crippen LogP contribution in [0.15, 0.2) is 41.7 Å². The molecule has 8 nitrogen and oxygen atoms in total. The number of benzene rings is 1. The van der Waals surface area contributed by atoms with E-state index in [4.69, 9.17) is 44.4 Å². The Morgan fingerprint density at radius 2 is 1.91 bits per heavy atom. The molecule has 0 spiro atoms. The van der Waals surface area contributed by atoms with Gasteiger partial charge in [0, 0.05) is 17.3 Å². The third kappa shape index (κ3) is 4.85. The van der Waals surface area contributed by atoms with Crippen molar-refractivity contribution in [1.82, 2.24) is 14.8 Å². The fourth-order valence-electron chi connectivity index (χ4n) is 2.86. The normalized spacial score (nSPS) is 13.7. The molecule has 0 atom stereocenters. The predicted molar refractivity (Wildman–Crippen MR) is 114 cm³/mol. The fourth-order valence-corrected chi connectivity index (χ4v) is 3.60. The molecule has 14 heteroatoms. The van der Waals surface area contributed by atoms with E-state index in [9.17, 15) is 18.0 Å². The van der Waals surface area contributed by atoms with Crippen LogP contribution in [0.25, 0.3) is 5.82 Å². The molecule has 4 rings (SSSR count). The van der Waals surface area contributed by atoms with Crippen LogP contribution in [-0.4, -0.2) is 39.8 Å². The van der Waals surface area contributed by atoms with Crippen LogP contribution in [0.3, 0.4) is 0 Å². The molecule has 0 saturated heterocycles. The number of hydrogen-bond donors (Lipinski definition) is 1. The molecule has 0 unspecified atom stereocenters. The summed E-state index contributed by atoms with van der Waals surface area (Å²) in [4.78, 5) is 22.0. The molecule has 1 aliphatic heterocycles. The van der Waals surface area contributed by atoms with Gasteiger partial charge in [-0.1, -0.05) is 34.8 Å². The van der Waals surface area contributed by atoms with Crippen LogP contribution in [0, 0.1) is 0 Å². The van der Waals surface area contributed by atoms with Crippen molar-refractivity contribution in [3.8, 4) is 5.82 Å². The average Bonchev–Trinajstić information content (AvgIpc) is 3.22. The summed E-state index contributed by atoms with van der Waals surface area (Å²) in [5.41, 5.74) is -1.66. The lowest BCUT2D eigenvalue weighted by atomic mass is 10.1. The SMILES string of the molecule is O=C(Nc1c(Cl)cc(Cl)cc1C1=NOCCO1)c1cc(C(F)(F)F)nn1-c1ncccc1Cl. The number of aromatic nitrogens is 3. The summed E-state index contributed by atoms with van der Waals surface area (Å²) in [5, 5.41) is 9.89. The minimum absolute atomic E-state index is 0.0104. The molecule has 0 fully saturated rings. The van der Waals surface area contributed by atoms with Crippen LogP contribution in [0.1, 0.15) is 21.7 Å². The van der Waals surface area contributed by atoms with Gasteiger partial charge in [-0.25, -0.2) is 9.67 Å². The molecule has 0 saturated carbocycles. The second kappa shape index (κ2) is 9.08. The zero-order valence-corrected chi connectivity index (χ0v) is 18.4. The number of halogens is 6. The van der Waals surface area contributed by atoms with Gasteiger partial charge in [-0.05, 0) is 29.4 Å². The van der Waals surface area contributed by atoms with E-state index in [1.54, 1.807) is 0 Å². The topological polar surface area (TPSA) is 90.6 Å². The largest absolute Gasteiger partial charge is 0.471 e. The van der Waals surface area contributed by atoms with E-state index in [2.05, 4.69) is 20.6 Å². The molecule has 0 bridgehead atoms. The van der Waals surface area contributed by atoms with Gasteiger partial charge in [0.2, 0.25) is 0 Å². The summed E-state index contributed by atoms with van der Waals surface area (Å²) in [6.45, 7) is 0.389. The Labute approximate surface area is 198 Å². The van der Waals surface area contributed by atoms with E-state index in [0.29, 0.717) is 10.7 Å². The summed E-state index contributed by atoms with van der Waals surface area (Å²) >= 11 is 18.4. The number of nitrogens with zero attached hydrogens (tertiary/aromatic N) is 4. The molecule has 0 aliphatic carbocycles. The molecular formula is C19H11Cl3F3N5O3. The van der Waals surface area contributed by atoms with E-state index in [1.807, 2.05) is 0 Å². The van der Waals surface area contributed by atoms with Gasteiger partial charge >= 0.3 is 6.18 Å². The van der Waals surface area contributed by atoms with Gasteiger partial charge in [0.25, 0.3) is 11.8 Å². The van der Waals surface area contributed by atoms with Gasteiger partial charge in [0.05, 0.1) is 21.3 Å². The highest BCUT2D eigenvalue weighted by molar-refractivity contribution is 6.38. The highest BCUT2D eigenvalue weighted by Crippen LogP contribution is 2.34. The Kier molecular flexibility index (Phi) is 6.37. The van der Waals surface area contributed by atoms with E-state index in [-0.39, 0.29) is 51.2 Å². The fraction of sp³-hybridized carbons (Fsp3) is 0.158. The van der Waals surface area contributed by atoms with Crippen molar-refractivity contribution in [2.75, 3.05) is 18.5 Å². The molecule has 1 aliphatic rings. The first-order valence-electron chi connectivity index (χ1n) is 9.07. The third-order valence-electron chi connectivity index (χ3n) is 4.26. The Morgan fingerprint density at radius 3 is 2.58 bits per heavy atom. The van der Waals surface area contributed by atoms with Gasteiger partial charge in [-0.3, -0.25) is 4.79 Å². The summed E-state index contributed by atoms with van der Waals surface area (Å²) < 4.78 is 46.2. The van der Waals surface area contributed by atoms with Crippen molar-refractivity contribution in [2.45, 2.75) is 6.18 Å². The molecule has 172 valence electrons. The Bertz CT molecular complexity index is 1260. The first-order valence-corrected chi connectivity index (χ1v) is 10.2. The second-order valence-corrected chi connectivity index (χ2v) is 7.73. The standard InChI is InChI=1S/C19H11Cl3F3N5O3/c20-9-6-10(18-29-33-5-4-32-18)15(12(22)7-9)27-17(31)13-8-14(19(23,24)25)28-30(13)16-11(21)2-1-3-26-16/h1-3,6-8H,4-5H2,(H,27,31). The van der Waals surface area contributed by atoms with Crippen LogP contribution in [0.4, 0.5) is 18.9 Å². The van der Waals surface area contributed by atoms with Crippen LogP contribution >= 0.6 is 34.8 Å². The zero-order chi connectivity index (χ0) is 23.8. The van der Waals surface area contributed by atoms with Crippen molar-refractivity contribution in [1.29, 1.82) is 0 Å². The maximum absolute atomic E-state index is 13.4. The number of carbonyl (C=O) groups is 1. The maximum atomic E-state index is 13.4. The first kappa shape index (κ1) is 23.1. The van der Waals surface area contributed by atoms with Crippen LogP contribution in [0.5, 0.6) is 0 Å². The lowest BCUT2D eigenvalue weighted by Gasteiger charge is -2.18. The Morgan fingerprint density at radius 1 is 1.12 bits per heavy atom. The number of ether oxygens (including phenoxy) is 1. The highest BCUT2D eigenvalue weighted by Gasteiger charge is 2.37. The maximum Gasteiger partial charge on any atom is 0.435 e. The van der Waals surface area contributed by atoms with Gasteiger partial charge in [-0.15, -0.1) is 0 Å². The molecule has 1 N–H and O–H groups in total. The van der Waals surface area contributed by atoms with E-state index in [0.717, 1.165) is 0 Å². The lowest BCUT2D eigenvalue weighted by Crippen LogP contribution is -2.22. The molecule has 2 aromatic heterocycles. The quantitative estimate of drug-likeness (QED) is 0.510. The van der Waals surface area contributed by atoms with Crippen molar-refractivity contribution in [3.63, 3.8) is 0 Å². The van der Waals surface area contributed by atoms with E-state index >= 15 is 0 Å². The van der Waals surface area contributed by atoms with Gasteiger partial charge in [0.15, 0.2) is 18.1 Å². The van der Waals surface area contributed by atoms with Crippen LogP contribution in [-0.2, 0) is 15.8 Å². The number of amides is 1. The van der Waals surface area contributed by atoms with Crippen molar-refractivity contribution in [2.24, 2.45) is 5.16 Å². The van der Waals surface area contributed by atoms with Crippen LogP contribution in [0.2, 0.25) is 15.1 Å². The van der Waals surface area contributed by atoms with Crippen molar-refractivity contribution < 1.29 is 27.5 Å². The molecule has 3 aromatic rings. The summed E-state index contributed by atoms with van der Waals surface area (Å²) in [5.74, 6) is -1.17. The third-order valence-corrected chi connectivity index (χ3v) is 5.07. The first-order chi connectivity index (χ1) is 15.6. The molecular weight excluding hydrogens is 510 g/mol. The number of alkyl halides is 3. The van der Waals surface area contributed by atoms with Gasteiger partial charge < -0.3 is 14.9 Å². The number of nitrogens with one attached hydrogen (secondary N) is 1. The van der Waals surface area contributed by atoms with E-state index in [1.165, 1.54) is 30.5 Å². The monoisotopic (exact) mass is 519 g/mol. The number of rotatable bonds is 4. The predicted octanol–water partition coefficient (Wildman–Crippen LogP) is 5.21. The summed E-state index contributed by atoms with van der Waals surface area (Å²) in [6, 6.07) is 6.19. The van der Waals surface area contributed by atoms with Crippen molar-refractivity contribution in [3.05, 3.63) is 68.5 Å². The molecule has 1 amide bonds. The molecule has 33 heavy (non-hydrogen) atoms.